The number of aliphatic carboxylic acids is 1. The van der Waals surface area contributed by atoms with E-state index in [9.17, 15) is 18.0 Å². The number of nitrogens with zero attached hydrogens (tertiary/aromatic N) is 3. The van der Waals surface area contributed by atoms with Crippen LogP contribution in [0.25, 0.3) is 0 Å². The molecule has 2 amide bonds. The Hall–Kier alpha value is -3.11. The molecule has 2 aromatic rings. The smallest absolute Gasteiger partial charge is 0.475 e. The van der Waals surface area contributed by atoms with Crippen LogP contribution in [0.1, 0.15) is 44.0 Å². The zero-order valence-corrected chi connectivity index (χ0v) is 17.9. The molecular weight excluding hydrogens is 427 g/mol. The summed E-state index contributed by atoms with van der Waals surface area (Å²) in [5.41, 5.74) is 1.40. The third-order valence-electron chi connectivity index (χ3n) is 5.07. The van der Waals surface area contributed by atoms with Crippen LogP contribution in [0.3, 0.4) is 0 Å². The number of alkyl halides is 3. The number of benzene rings is 1. The van der Waals surface area contributed by atoms with Gasteiger partial charge in [-0.05, 0) is 43.6 Å². The van der Waals surface area contributed by atoms with Gasteiger partial charge in [0.05, 0.1) is 0 Å². The molecule has 1 aliphatic rings. The summed E-state index contributed by atoms with van der Waals surface area (Å²) in [5, 5.41) is 16.8. The van der Waals surface area contributed by atoms with Gasteiger partial charge in [0.25, 0.3) is 0 Å². The van der Waals surface area contributed by atoms with Gasteiger partial charge in [-0.25, -0.2) is 9.59 Å². The van der Waals surface area contributed by atoms with Crippen molar-refractivity contribution in [3.63, 3.8) is 0 Å². The fraction of sp³-hybridized carbons (Fsp3) is 0.524. The first-order valence-corrected chi connectivity index (χ1v) is 10.5. The van der Waals surface area contributed by atoms with Crippen molar-refractivity contribution < 1.29 is 27.9 Å². The molecule has 0 aliphatic carbocycles. The minimum atomic E-state index is -5.08. The SMILES string of the molecule is CCCc1nc(NC(=O)N2CCC(CCc3ccccc3)CC2)n[nH]1.O=C(O)C(F)(F)F. The lowest BCUT2D eigenvalue weighted by Crippen LogP contribution is -2.41. The molecule has 1 aromatic heterocycles. The van der Waals surface area contributed by atoms with Gasteiger partial charge in [0.2, 0.25) is 5.95 Å². The van der Waals surface area contributed by atoms with Crippen molar-refractivity contribution in [3.05, 3.63) is 41.7 Å². The number of rotatable bonds is 6. The largest absolute Gasteiger partial charge is 0.490 e. The molecule has 0 saturated carbocycles. The highest BCUT2D eigenvalue weighted by Crippen LogP contribution is 2.23. The maximum Gasteiger partial charge on any atom is 0.490 e. The molecule has 11 heteroatoms. The van der Waals surface area contributed by atoms with E-state index in [1.165, 1.54) is 12.0 Å². The first-order valence-electron chi connectivity index (χ1n) is 10.5. The molecule has 1 aromatic carbocycles. The highest BCUT2D eigenvalue weighted by atomic mass is 19.4. The second-order valence-electron chi connectivity index (χ2n) is 7.54. The maximum atomic E-state index is 12.3. The van der Waals surface area contributed by atoms with Gasteiger partial charge in [0.1, 0.15) is 5.82 Å². The normalized spacial score (nSPS) is 14.4. The van der Waals surface area contributed by atoms with E-state index in [1.54, 1.807) is 0 Å². The average molecular weight is 455 g/mol. The predicted octanol–water partition coefficient (Wildman–Crippen LogP) is 4.27. The molecule has 3 N–H and O–H groups in total. The number of hydrogen-bond donors (Lipinski definition) is 3. The van der Waals surface area contributed by atoms with Crippen molar-refractivity contribution in [1.29, 1.82) is 0 Å². The Kier molecular flexibility index (Phi) is 9.48. The van der Waals surface area contributed by atoms with E-state index >= 15 is 0 Å². The number of H-pyrrole nitrogens is 1. The van der Waals surface area contributed by atoms with E-state index in [1.807, 2.05) is 4.90 Å². The summed E-state index contributed by atoms with van der Waals surface area (Å²) in [5.74, 6) is -0.867. The number of hydrogen-bond acceptors (Lipinski definition) is 4. The van der Waals surface area contributed by atoms with Crippen LogP contribution in [-0.2, 0) is 17.6 Å². The first kappa shape index (κ1) is 25.2. The van der Waals surface area contributed by atoms with Gasteiger partial charge in [-0.1, -0.05) is 37.3 Å². The second kappa shape index (κ2) is 12.1. The predicted molar refractivity (Wildman–Crippen MR) is 112 cm³/mol. The van der Waals surface area contributed by atoms with E-state index in [4.69, 9.17) is 9.90 Å². The third-order valence-corrected chi connectivity index (χ3v) is 5.07. The fourth-order valence-electron chi connectivity index (χ4n) is 3.31. The standard InChI is InChI=1S/C19H27N5O.C2HF3O2/c1-2-6-17-20-18(23-22-17)21-19(25)24-13-11-16(12-14-24)10-9-15-7-4-3-5-8-15;3-2(4,5)1(6)7/h3-5,7-8,16H,2,6,9-14H2,1H3,(H2,20,21,22,23,25);(H,6,7). The number of piperidine rings is 1. The van der Waals surface area contributed by atoms with Crippen molar-refractivity contribution in [2.75, 3.05) is 18.4 Å². The van der Waals surface area contributed by atoms with Crippen LogP contribution in [0.5, 0.6) is 0 Å². The number of likely N-dealkylation sites (tertiary alicyclic amines) is 1. The van der Waals surface area contributed by atoms with Crippen LogP contribution in [-0.4, -0.2) is 56.5 Å². The number of halogens is 3. The van der Waals surface area contributed by atoms with Gasteiger partial charge in [0, 0.05) is 19.5 Å². The minimum Gasteiger partial charge on any atom is -0.475 e. The summed E-state index contributed by atoms with van der Waals surface area (Å²) in [6, 6.07) is 10.5. The summed E-state index contributed by atoms with van der Waals surface area (Å²) in [7, 11) is 0. The molecule has 32 heavy (non-hydrogen) atoms. The fourth-order valence-corrected chi connectivity index (χ4v) is 3.31. The minimum absolute atomic E-state index is 0.0939. The molecule has 1 aliphatic heterocycles. The number of urea groups is 1. The quantitative estimate of drug-likeness (QED) is 0.603. The Morgan fingerprint density at radius 2 is 1.81 bits per heavy atom. The van der Waals surface area contributed by atoms with Crippen LogP contribution in [0, 0.1) is 5.92 Å². The van der Waals surface area contributed by atoms with Crippen LogP contribution in [0.2, 0.25) is 0 Å². The Morgan fingerprint density at radius 3 is 2.38 bits per heavy atom. The van der Waals surface area contributed by atoms with Crippen molar-refractivity contribution in [2.45, 2.75) is 51.6 Å². The first-order chi connectivity index (χ1) is 15.2. The number of carboxylic acid groups (broad SMARTS) is 1. The van der Waals surface area contributed by atoms with E-state index in [-0.39, 0.29) is 6.03 Å². The van der Waals surface area contributed by atoms with E-state index in [0.29, 0.717) is 11.9 Å². The Morgan fingerprint density at radius 1 is 1.19 bits per heavy atom. The highest BCUT2D eigenvalue weighted by molar-refractivity contribution is 5.87. The Labute approximate surface area is 184 Å². The van der Waals surface area contributed by atoms with Crippen LogP contribution in [0.15, 0.2) is 30.3 Å². The molecule has 0 radical (unpaired) electrons. The molecule has 0 unspecified atom stereocenters. The molecule has 176 valence electrons. The summed E-state index contributed by atoms with van der Waals surface area (Å²) >= 11 is 0. The van der Waals surface area contributed by atoms with Crippen LogP contribution in [0.4, 0.5) is 23.9 Å². The summed E-state index contributed by atoms with van der Waals surface area (Å²) in [6.45, 7) is 3.69. The zero-order chi connectivity index (χ0) is 23.6. The monoisotopic (exact) mass is 455 g/mol. The van der Waals surface area contributed by atoms with E-state index < -0.39 is 12.1 Å². The van der Waals surface area contributed by atoms with E-state index in [0.717, 1.165) is 51.0 Å². The van der Waals surface area contributed by atoms with Crippen molar-refractivity contribution >= 4 is 17.9 Å². The molecule has 1 saturated heterocycles. The topological polar surface area (TPSA) is 111 Å². The number of carbonyl (C=O) groups excluding carboxylic acids is 1. The van der Waals surface area contributed by atoms with Crippen LogP contribution < -0.4 is 5.32 Å². The molecule has 3 rings (SSSR count). The zero-order valence-electron chi connectivity index (χ0n) is 17.9. The second-order valence-corrected chi connectivity index (χ2v) is 7.54. The number of carbonyl (C=O) groups is 2. The van der Waals surface area contributed by atoms with Gasteiger partial charge in [0.15, 0.2) is 0 Å². The number of anilines is 1. The lowest BCUT2D eigenvalue weighted by Gasteiger charge is -2.31. The van der Waals surface area contributed by atoms with Gasteiger partial charge in [-0.15, -0.1) is 5.10 Å². The number of aromatic nitrogens is 3. The Bertz CT molecular complexity index is 850. The van der Waals surface area contributed by atoms with Crippen LogP contribution >= 0.6 is 0 Å². The third kappa shape index (κ3) is 8.56. The molecule has 1 fully saturated rings. The van der Waals surface area contributed by atoms with E-state index in [2.05, 4.69) is 57.8 Å². The summed E-state index contributed by atoms with van der Waals surface area (Å²) in [6.07, 6.45) is 1.20. The maximum absolute atomic E-state index is 12.3. The molecule has 0 spiro atoms. The van der Waals surface area contributed by atoms with Gasteiger partial charge in [-0.3, -0.25) is 10.4 Å². The summed E-state index contributed by atoms with van der Waals surface area (Å²) < 4.78 is 31.7. The van der Waals surface area contributed by atoms with Gasteiger partial charge < -0.3 is 10.0 Å². The number of nitrogens with one attached hydrogen (secondary N) is 2. The van der Waals surface area contributed by atoms with Gasteiger partial charge >= 0.3 is 18.2 Å². The summed E-state index contributed by atoms with van der Waals surface area (Å²) in [4.78, 5) is 27.4. The number of aryl methyl sites for hydroxylation is 2. The number of amides is 2. The molecule has 0 atom stereocenters. The molecular formula is C21H28F3N5O3. The highest BCUT2D eigenvalue weighted by Gasteiger charge is 2.38. The number of aromatic amines is 1. The Balaban J connectivity index is 0.000000451. The van der Waals surface area contributed by atoms with Crippen molar-refractivity contribution in [1.82, 2.24) is 20.1 Å². The lowest BCUT2D eigenvalue weighted by molar-refractivity contribution is -0.192. The molecule has 2 heterocycles. The van der Waals surface area contributed by atoms with Crippen molar-refractivity contribution in [2.24, 2.45) is 5.92 Å². The lowest BCUT2D eigenvalue weighted by atomic mass is 9.91. The average Bonchev–Trinajstić information content (AvgIpc) is 3.20. The molecule has 8 nitrogen and oxygen atoms in total. The number of carboxylic acids is 1. The van der Waals surface area contributed by atoms with Crippen molar-refractivity contribution in [3.8, 4) is 0 Å². The van der Waals surface area contributed by atoms with Gasteiger partial charge in [-0.2, -0.15) is 18.2 Å². The molecule has 0 bridgehead atoms.